The Balaban J connectivity index is 1.76. The highest BCUT2D eigenvalue weighted by Gasteiger charge is 2.16. The van der Waals surface area contributed by atoms with Crippen molar-refractivity contribution in [1.29, 1.82) is 0 Å². The van der Waals surface area contributed by atoms with Gasteiger partial charge in [-0.2, -0.15) is 0 Å². The first-order chi connectivity index (χ1) is 7.88. The van der Waals surface area contributed by atoms with Crippen molar-refractivity contribution < 1.29 is 9.47 Å². The largest absolute Gasteiger partial charge is 0.494 e. The zero-order valence-corrected chi connectivity index (χ0v) is 9.74. The molecule has 1 heterocycles. The van der Waals surface area contributed by atoms with Gasteiger partial charge >= 0.3 is 0 Å². The highest BCUT2D eigenvalue weighted by atomic mass is 16.5. The lowest BCUT2D eigenvalue weighted by molar-refractivity contribution is -0.00578. The topological polar surface area (TPSA) is 30.5 Å². The van der Waals surface area contributed by atoms with Crippen LogP contribution in [0.3, 0.4) is 0 Å². The lowest BCUT2D eigenvalue weighted by Gasteiger charge is -2.27. The molecule has 0 saturated carbocycles. The number of benzene rings is 1. The van der Waals surface area contributed by atoms with Crippen LogP contribution in [-0.2, 0) is 11.3 Å². The molecular weight excluding hydrogens is 202 g/mol. The van der Waals surface area contributed by atoms with Crippen molar-refractivity contribution in [3.8, 4) is 5.75 Å². The Bertz CT molecular complexity index is 306. The molecule has 0 radical (unpaired) electrons. The molecular formula is C13H19NO2. The minimum absolute atomic E-state index is 0.538. The van der Waals surface area contributed by atoms with Crippen LogP contribution in [0.25, 0.3) is 0 Å². The Hall–Kier alpha value is -1.06. The molecule has 3 nitrogen and oxygen atoms in total. The molecule has 0 bridgehead atoms. The van der Waals surface area contributed by atoms with Crippen molar-refractivity contribution in [2.75, 3.05) is 19.8 Å². The predicted octanol–water partition coefficient (Wildman–Crippen LogP) is 1.96. The number of ether oxygens (including phenoxy) is 2. The van der Waals surface area contributed by atoms with E-state index in [1.54, 1.807) is 0 Å². The van der Waals surface area contributed by atoms with E-state index >= 15 is 0 Å². The van der Waals surface area contributed by atoms with Crippen LogP contribution in [0.1, 0.15) is 18.9 Å². The normalized spacial score (nSPS) is 15.8. The summed E-state index contributed by atoms with van der Waals surface area (Å²) in [6.45, 7) is 5.49. The van der Waals surface area contributed by atoms with Gasteiger partial charge in [-0.15, -0.1) is 0 Å². The van der Waals surface area contributed by atoms with E-state index in [-0.39, 0.29) is 0 Å². The molecule has 1 saturated heterocycles. The molecule has 0 unspecified atom stereocenters. The van der Waals surface area contributed by atoms with Crippen LogP contribution in [0.15, 0.2) is 24.3 Å². The van der Waals surface area contributed by atoms with Gasteiger partial charge in [-0.3, -0.25) is 0 Å². The summed E-state index contributed by atoms with van der Waals surface area (Å²) in [4.78, 5) is 0. The van der Waals surface area contributed by atoms with E-state index in [4.69, 9.17) is 9.47 Å². The SMILES string of the molecule is CCCOc1ccc(CNC2COC2)cc1. The summed E-state index contributed by atoms with van der Waals surface area (Å²) in [5, 5.41) is 3.43. The molecule has 1 aliphatic heterocycles. The molecule has 1 aliphatic rings. The van der Waals surface area contributed by atoms with Crippen LogP contribution >= 0.6 is 0 Å². The molecule has 88 valence electrons. The van der Waals surface area contributed by atoms with E-state index < -0.39 is 0 Å². The Kier molecular flexibility index (Phi) is 4.19. The van der Waals surface area contributed by atoms with Gasteiger partial charge in [0.1, 0.15) is 5.75 Å². The quantitative estimate of drug-likeness (QED) is 0.796. The van der Waals surface area contributed by atoms with Gasteiger partial charge in [0.25, 0.3) is 0 Å². The fourth-order valence-electron chi connectivity index (χ4n) is 1.54. The van der Waals surface area contributed by atoms with Crippen LogP contribution in [0.5, 0.6) is 5.75 Å². The molecule has 2 rings (SSSR count). The molecule has 1 N–H and O–H groups in total. The van der Waals surface area contributed by atoms with Crippen LogP contribution < -0.4 is 10.1 Å². The maximum Gasteiger partial charge on any atom is 0.119 e. The van der Waals surface area contributed by atoms with Gasteiger partial charge in [-0.1, -0.05) is 19.1 Å². The smallest absolute Gasteiger partial charge is 0.119 e. The van der Waals surface area contributed by atoms with Crippen molar-refractivity contribution in [2.45, 2.75) is 25.9 Å². The lowest BCUT2D eigenvalue weighted by atomic mass is 10.2. The molecule has 1 aromatic rings. The van der Waals surface area contributed by atoms with Crippen LogP contribution in [-0.4, -0.2) is 25.9 Å². The number of nitrogens with one attached hydrogen (secondary N) is 1. The Labute approximate surface area is 96.8 Å². The molecule has 0 amide bonds. The summed E-state index contributed by atoms with van der Waals surface area (Å²) >= 11 is 0. The molecule has 1 fully saturated rings. The van der Waals surface area contributed by atoms with Gasteiger partial charge in [0, 0.05) is 6.54 Å². The Morgan fingerprint density at radius 1 is 1.31 bits per heavy atom. The highest BCUT2D eigenvalue weighted by molar-refractivity contribution is 5.27. The van der Waals surface area contributed by atoms with Gasteiger partial charge in [0.05, 0.1) is 25.9 Å². The molecule has 0 atom stereocenters. The van der Waals surface area contributed by atoms with Gasteiger partial charge in [0.2, 0.25) is 0 Å². The standard InChI is InChI=1S/C13H19NO2/c1-2-7-16-13-5-3-11(4-6-13)8-14-12-9-15-10-12/h3-6,12,14H,2,7-10H2,1H3. The zero-order chi connectivity index (χ0) is 11.2. The van der Waals surface area contributed by atoms with Crippen molar-refractivity contribution in [3.05, 3.63) is 29.8 Å². The maximum absolute atomic E-state index is 5.53. The first-order valence-electron chi connectivity index (χ1n) is 5.91. The molecule has 1 aromatic carbocycles. The number of rotatable bonds is 6. The second-order valence-electron chi connectivity index (χ2n) is 4.11. The average Bonchev–Trinajstić information content (AvgIpc) is 2.26. The molecule has 0 aliphatic carbocycles. The predicted molar refractivity (Wildman–Crippen MR) is 63.7 cm³/mol. The molecule has 0 aromatic heterocycles. The number of hydrogen-bond donors (Lipinski definition) is 1. The third-order valence-corrected chi connectivity index (χ3v) is 2.63. The average molecular weight is 221 g/mol. The maximum atomic E-state index is 5.53. The van der Waals surface area contributed by atoms with Gasteiger partial charge in [-0.25, -0.2) is 0 Å². The second kappa shape index (κ2) is 5.87. The molecule has 3 heteroatoms. The van der Waals surface area contributed by atoms with Crippen molar-refractivity contribution in [3.63, 3.8) is 0 Å². The summed E-state index contributed by atoms with van der Waals surface area (Å²) in [6, 6.07) is 8.82. The Morgan fingerprint density at radius 2 is 2.06 bits per heavy atom. The third kappa shape index (κ3) is 3.22. The van der Waals surface area contributed by atoms with E-state index in [9.17, 15) is 0 Å². The summed E-state index contributed by atoms with van der Waals surface area (Å²) in [5.74, 6) is 0.956. The lowest BCUT2D eigenvalue weighted by Crippen LogP contribution is -2.45. The highest BCUT2D eigenvalue weighted by Crippen LogP contribution is 2.12. The number of hydrogen-bond acceptors (Lipinski definition) is 3. The van der Waals surface area contributed by atoms with Crippen molar-refractivity contribution >= 4 is 0 Å². The van der Waals surface area contributed by atoms with Gasteiger partial charge in [0.15, 0.2) is 0 Å². The fraction of sp³-hybridized carbons (Fsp3) is 0.538. The summed E-state index contributed by atoms with van der Waals surface area (Å²) in [5.41, 5.74) is 1.29. The monoisotopic (exact) mass is 221 g/mol. The molecule has 16 heavy (non-hydrogen) atoms. The zero-order valence-electron chi connectivity index (χ0n) is 9.74. The second-order valence-corrected chi connectivity index (χ2v) is 4.11. The van der Waals surface area contributed by atoms with E-state index in [1.165, 1.54) is 5.56 Å². The minimum Gasteiger partial charge on any atom is -0.494 e. The first kappa shape index (κ1) is 11.4. The van der Waals surface area contributed by atoms with E-state index in [2.05, 4.69) is 24.4 Å². The van der Waals surface area contributed by atoms with E-state index in [0.717, 1.165) is 38.5 Å². The van der Waals surface area contributed by atoms with Crippen LogP contribution in [0.4, 0.5) is 0 Å². The Morgan fingerprint density at radius 3 is 2.62 bits per heavy atom. The van der Waals surface area contributed by atoms with Crippen molar-refractivity contribution in [1.82, 2.24) is 5.32 Å². The summed E-state index contributed by atoms with van der Waals surface area (Å²) in [7, 11) is 0. The first-order valence-corrected chi connectivity index (χ1v) is 5.91. The van der Waals surface area contributed by atoms with Gasteiger partial charge < -0.3 is 14.8 Å². The van der Waals surface area contributed by atoms with Gasteiger partial charge in [-0.05, 0) is 24.1 Å². The summed E-state index contributed by atoms with van der Waals surface area (Å²) < 4.78 is 10.6. The van der Waals surface area contributed by atoms with E-state index in [1.807, 2.05) is 12.1 Å². The van der Waals surface area contributed by atoms with Crippen LogP contribution in [0.2, 0.25) is 0 Å². The molecule has 0 spiro atoms. The third-order valence-electron chi connectivity index (χ3n) is 2.63. The summed E-state index contributed by atoms with van der Waals surface area (Å²) in [6.07, 6.45) is 1.05. The minimum atomic E-state index is 0.538. The van der Waals surface area contributed by atoms with Crippen LogP contribution in [0, 0.1) is 0 Å². The van der Waals surface area contributed by atoms with E-state index in [0.29, 0.717) is 6.04 Å². The van der Waals surface area contributed by atoms with Crippen molar-refractivity contribution in [2.24, 2.45) is 0 Å². The fourth-order valence-corrected chi connectivity index (χ4v) is 1.54.